The lowest BCUT2D eigenvalue weighted by Crippen LogP contribution is -2.56. The third-order valence-electron chi connectivity index (χ3n) is 5.02. The van der Waals surface area contributed by atoms with Gasteiger partial charge in [-0.3, -0.25) is 19.4 Å². The predicted octanol–water partition coefficient (Wildman–Crippen LogP) is 4.45. The van der Waals surface area contributed by atoms with Gasteiger partial charge in [0.2, 0.25) is 0 Å². The molecule has 0 saturated carbocycles. The maximum absolute atomic E-state index is 13.5. The van der Waals surface area contributed by atoms with Crippen LogP contribution in [0.15, 0.2) is 84.4 Å². The van der Waals surface area contributed by atoms with Gasteiger partial charge in [0, 0.05) is 11.6 Å². The van der Waals surface area contributed by atoms with E-state index in [1.54, 1.807) is 49.6 Å². The fourth-order valence-electron chi connectivity index (χ4n) is 3.43. The van der Waals surface area contributed by atoms with Crippen molar-refractivity contribution < 1.29 is 19.1 Å². The van der Waals surface area contributed by atoms with E-state index in [0.29, 0.717) is 28.4 Å². The summed E-state index contributed by atoms with van der Waals surface area (Å²) in [6, 6.07) is 23.2. The zero-order chi connectivity index (χ0) is 22.7. The van der Waals surface area contributed by atoms with Crippen molar-refractivity contribution in [2.75, 3.05) is 24.0 Å². The molecule has 1 heterocycles. The van der Waals surface area contributed by atoms with Crippen LogP contribution in [0.3, 0.4) is 0 Å². The van der Waals surface area contributed by atoms with E-state index in [1.807, 2.05) is 36.4 Å². The molecule has 4 rings (SSSR count). The van der Waals surface area contributed by atoms with Crippen molar-refractivity contribution in [1.82, 2.24) is 0 Å². The minimum Gasteiger partial charge on any atom is -0.497 e. The molecular formula is C25H20N2O4S. The molecule has 1 aliphatic rings. The number of rotatable bonds is 5. The SMILES string of the molecule is COc1ccc(C=C2C(=O)N(c3ccccc3)C(=S)N(c3ccccc3)C2=O)c(OC)c1. The number of carbonyl (C=O) groups excluding carboxylic acids is 2. The van der Waals surface area contributed by atoms with Crippen molar-refractivity contribution >= 4 is 46.6 Å². The highest BCUT2D eigenvalue weighted by molar-refractivity contribution is 7.81. The molecule has 1 fully saturated rings. The molecule has 6 nitrogen and oxygen atoms in total. The largest absolute Gasteiger partial charge is 0.497 e. The van der Waals surface area contributed by atoms with Crippen LogP contribution < -0.4 is 19.3 Å². The Labute approximate surface area is 191 Å². The van der Waals surface area contributed by atoms with Crippen LogP contribution in [-0.4, -0.2) is 31.1 Å². The highest BCUT2D eigenvalue weighted by atomic mass is 32.1. The highest BCUT2D eigenvalue weighted by Gasteiger charge is 2.41. The van der Waals surface area contributed by atoms with Crippen molar-refractivity contribution in [2.45, 2.75) is 0 Å². The van der Waals surface area contributed by atoms with Gasteiger partial charge in [0.05, 0.1) is 25.6 Å². The number of hydrogen-bond acceptors (Lipinski definition) is 5. The average Bonchev–Trinajstić information content (AvgIpc) is 2.83. The van der Waals surface area contributed by atoms with E-state index in [4.69, 9.17) is 21.7 Å². The van der Waals surface area contributed by atoms with E-state index in [-0.39, 0.29) is 10.7 Å². The van der Waals surface area contributed by atoms with E-state index in [2.05, 4.69) is 0 Å². The van der Waals surface area contributed by atoms with E-state index in [0.717, 1.165) is 0 Å². The zero-order valence-corrected chi connectivity index (χ0v) is 18.3. The van der Waals surface area contributed by atoms with Crippen molar-refractivity contribution in [3.63, 3.8) is 0 Å². The number of thiocarbonyl (C=S) groups is 1. The number of hydrogen-bond donors (Lipinski definition) is 0. The number of methoxy groups -OCH3 is 2. The molecule has 0 aliphatic carbocycles. The molecule has 1 aliphatic heterocycles. The van der Waals surface area contributed by atoms with Crippen LogP contribution in [0.2, 0.25) is 0 Å². The first-order valence-corrected chi connectivity index (χ1v) is 10.2. The molecule has 0 bridgehead atoms. The van der Waals surface area contributed by atoms with Gasteiger partial charge in [0.25, 0.3) is 11.8 Å². The maximum atomic E-state index is 13.5. The molecule has 32 heavy (non-hydrogen) atoms. The van der Waals surface area contributed by atoms with Crippen LogP contribution in [-0.2, 0) is 9.59 Å². The van der Waals surface area contributed by atoms with Gasteiger partial charge in [-0.15, -0.1) is 0 Å². The predicted molar refractivity (Wildman–Crippen MR) is 128 cm³/mol. The Morgan fingerprint density at radius 3 is 1.75 bits per heavy atom. The second-order valence-corrected chi connectivity index (χ2v) is 7.27. The summed E-state index contributed by atoms with van der Waals surface area (Å²) in [7, 11) is 3.07. The van der Waals surface area contributed by atoms with Crippen LogP contribution in [0.25, 0.3) is 6.08 Å². The number of benzene rings is 3. The number of para-hydroxylation sites is 2. The number of nitrogens with zero attached hydrogens (tertiary/aromatic N) is 2. The van der Waals surface area contributed by atoms with Gasteiger partial charge in [-0.05, 0) is 54.7 Å². The third kappa shape index (κ3) is 3.86. The Hall–Kier alpha value is -3.97. The van der Waals surface area contributed by atoms with Crippen LogP contribution in [0.1, 0.15) is 5.56 Å². The summed E-state index contributed by atoms with van der Waals surface area (Å²) in [6.45, 7) is 0. The molecule has 0 spiro atoms. The summed E-state index contributed by atoms with van der Waals surface area (Å²) >= 11 is 5.61. The van der Waals surface area contributed by atoms with E-state index >= 15 is 0 Å². The van der Waals surface area contributed by atoms with Crippen molar-refractivity contribution in [1.29, 1.82) is 0 Å². The van der Waals surface area contributed by atoms with Crippen LogP contribution >= 0.6 is 12.2 Å². The molecule has 0 aromatic heterocycles. The van der Waals surface area contributed by atoms with Crippen LogP contribution in [0.5, 0.6) is 11.5 Å². The number of amides is 2. The third-order valence-corrected chi connectivity index (χ3v) is 5.38. The van der Waals surface area contributed by atoms with Gasteiger partial charge < -0.3 is 9.47 Å². The molecule has 3 aromatic rings. The van der Waals surface area contributed by atoms with Gasteiger partial charge in [-0.1, -0.05) is 36.4 Å². The first-order chi connectivity index (χ1) is 15.5. The van der Waals surface area contributed by atoms with Crippen LogP contribution in [0.4, 0.5) is 11.4 Å². The molecule has 0 atom stereocenters. The smallest absolute Gasteiger partial charge is 0.270 e. The van der Waals surface area contributed by atoms with Gasteiger partial charge in [-0.25, -0.2) is 0 Å². The molecule has 1 saturated heterocycles. The fraction of sp³-hybridized carbons (Fsp3) is 0.0800. The zero-order valence-electron chi connectivity index (χ0n) is 17.5. The minimum absolute atomic E-state index is 0.0326. The second-order valence-electron chi connectivity index (χ2n) is 6.90. The standard InChI is InChI=1S/C25H20N2O4S/c1-30-20-14-13-17(22(16-20)31-2)15-21-23(28)26(18-9-5-3-6-10-18)25(32)27(24(21)29)19-11-7-4-8-12-19/h3-16H,1-2H3. The van der Waals surface area contributed by atoms with Gasteiger partial charge in [0.15, 0.2) is 5.11 Å². The van der Waals surface area contributed by atoms with Gasteiger partial charge >= 0.3 is 0 Å². The Morgan fingerprint density at radius 2 is 1.28 bits per heavy atom. The maximum Gasteiger partial charge on any atom is 0.270 e. The Balaban J connectivity index is 1.88. The fourth-order valence-corrected chi connectivity index (χ4v) is 3.81. The topological polar surface area (TPSA) is 59.1 Å². The van der Waals surface area contributed by atoms with Crippen LogP contribution in [0, 0.1) is 0 Å². The van der Waals surface area contributed by atoms with Crippen molar-refractivity contribution in [3.05, 3.63) is 90.0 Å². The summed E-state index contributed by atoms with van der Waals surface area (Å²) in [5, 5.41) is 0.0937. The Morgan fingerprint density at radius 1 is 0.750 bits per heavy atom. The minimum atomic E-state index is -0.503. The Kier molecular flexibility index (Phi) is 6.00. The Bertz CT molecular complexity index is 1150. The first kappa shape index (κ1) is 21.3. The molecule has 3 aromatic carbocycles. The normalized spacial score (nSPS) is 13.9. The van der Waals surface area contributed by atoms with E-state index < -0.39 is 11.8 Å². The van der Waals surface area contributed by atoms with E-state index in [1.165, 1.54) is 23.0 Å². The summed E-state index contributed by atoms with van der Waals surface area (Å²) < 4.78 is 10.7. The molecule has 0 unspecified atom stereocenters. The highest BCUT2D eigenvalue weighted by Crippen LogP contribution is 2.32. The lowest BCUT2D eigenvalue weighted by atomic mass is 10.0. The summed E-state index contributed by atoms with van der Waals surface area (Å²) in [5.41, 5.74) is 1.68. The quantitative estimate of drug-likeness (QED) is 0.331. The average molecular weight is 445 g/mol. The summed E-state index contributed by atoms with van der Waals surface area (Å²) in [5.74, 6) is 0.0684. The molecule has 0 N–H and O–H groups in total. The molecule has 7 heteroatoms. The van der Waals surface area contributed by atoms with Crippen molar-refractivity contribution in [2.24, 2.45) is 0 Å². The lowest BCUT2D eigenvalue weighted by molar-refractivity contribution is -0.120. The first-order valence-electron chi connectivity index (χ1n) is 9.82. The summed E-state index contributed by atoms with van der Waals surface area (Å²) in [4.78, 5) is 29.7. The number of ether oxygens (including phenoxy) is 2. The number of anilines is 2. The molecule has 0 radical (unpaired) electrons. The van der Waals surface area contributed by atoms with Crippen molar-refractivity contribution in [3.8, 4) is 11.5 Å². The molecule has 2 amide bonds. The lowest BCUT2D eigenvalue weighted by Gasteiger charge is -2.36. The van der Waals surface area contributed by atoms with E-state index in [9.17, 15) is 9.59 Å². The van der Waals surface area contributed by atoms with Gasteiger partial charge in [-0.2, -0.15) is 0 Å². The molecular weight excluding hydrogens is 424 g/mol. The molecule has 160 valence electrons. The van der Waals surface area contributed by atoms with Gasteiger partial charge in [0.1, 0.15) is 17.1 Å². The second kappa shape index (κ2) is 9.03. The summed E-state index contributed by atoms with van der Waals surface area (Å²) in [6.07, 6.45) is 1.52. The number of carbonyl (C=O) groups is 2. The monoisotopic (exact) mass is 444 g/mol.